The molecule has 2 aromatic rings. The smallest absolute Gasteiger partial charge is 0.224 e. The van der Waals surface area contributed by atoms with E-state index in [2.05, 4.69) is 24.3 Å². The van der Waals surface area contributed by atoms with Crippen LogP contribution in [-0.2, 0) is 4.79 Å². The maximum absolute atomic E-state index is 12.0. The molecule has 1 heterocycles. The molecule has 0 aromatic heterocycles. The summed E-state index contributed by atoms with van der Waals surface area (Å²) in [6.07, 6.45) is 0.469. The second-order valence-electron chi connectivity index (χ2n) is 5.64. The molecule has 1 atom stereocenters. The highest BCUT2D eigenvalue weighted by atomic mass is 16.2. The van der Waals surface area contributed by atoms with E-state index in [1.807, 2.05) is 41.3 Å². The molecule has 1 aliphatic heterocycles. The molecule has 1 unspecified atom stereocenters. The van der Waals surface area contributed by atoms with Gasteiger partial charge in [0, 0.05) is 31.5 Å². The van der Waals surface area contributed by atoms with Crippen LogP contribution in [-0.4, -0.2) is 29.9 Å². The van der Waals surface area contributed by atoms with Crippen molar-refractivity contribution in [3.8, 4) is 0 Å². The molecule has 1 amide bonds. The summed E-state index contributed by atoms with van der Waals surface area (Å²) in [6.45, 7) is 1.36. The van der Waals surface area contributed by atoms with E-state index in [9.17, 15) is 4.79 Å². The van der Waals surface area contributed by atoms with E-state index in [1.54, 1.807) is 0 Å². The fourth-order valence-corrected chi connectivity index (χ4v) is 2.97. The number of benzene rings is 2. The number of likely N-dealkylation sites (tertiary alicyclic amines) is 1. The van der Waals surface area contributed by atoms with E-state index in [4.69, 9.17) is 5.73 Å². The fourth-order valence-electron chi connectivity index (χ4n) is 2.97. The molecule has 0 aliphatic carbocycles. The summed E-state index contributed by atoms with van der Waals surface area (Å²) in [5.74, 6) is 0.362. The first-order valence-electron chi connectivity index (χ1n) is 7.37. The molecule has 108 valence electrons. The van der Waals surface area contributed by atoms with Gasteiger partial charge in [-0.25, -0.2) is 0 Å². The molecular formula is C18H20N2O. The van der Waals surface area contributed by atoms with Gasteiger partial charge in [0.15, 0.2) is 0 Å². The number of hydrogen-bond acceptors (Lipinski definition) is 2. The maximum atomic E-state index is 12.0. The number of nitrogens with zero attached hydrogens (tertiary/aromatic N) is 1. The van der Waals surface area contributed by atoms with E-state index in [-0.39, 0.29) is 17.9 Å². The van der Waals surface area contributed by atoms with Crippen molar-refractivity contribution in [2.45, 2.75) is 18.4 Å². The zero-order valence-corrected chi connectivity index (χ0v) is 12.0. The van der Waals surface area contributed by atoms with Crippen LogP contribution in [0.2, 0.25) is 0 Å². The van der Waals surface area contributed by atoms with Gasteiger partial charge in [-0.2, -0.15) is 0 Å². The maximum Gasteiger partial charge on any atom is 0.224 e. The molecule has 1 saturated heterocycles. The minimum atomic E-state index is -0.0234. The van der Waals surface area contributed by atoms with Crippen molar-refractivity contribution >= 4 is 5.91 Å². The Morgan fingerprint density at radius 3 is 1.95 bits per heavy atom. The Kier molecular flexibility index (Phi) is 4.02. The van der Waals surface area contributed by atoms with Crippen LogP contribution in [0.4, 0.5) is 0 Å². The summed E-state index contributed by atoms with van der Waals surface area (Å²) in [6, 6.07) is 20.7. The van der Waals surface area contributed by atoms with Crippen LogP contribution in [0.3, 0.4) is 0 Å². The van der Waals surface area contributed by atoms with Crippen molar-refractivity contribution in [3.63, 3.8) is 0 Å². The molecule has 21 heavy (non-hydrogen) atoms. The lowest BCUT2D eigenvalue weighted by Gasteiger charge is -2.25. The molecule has 1 fully saturated rings. The van der Waals surface area contributed by atoms with Gasteiger partial charge in [0.05, 0.1) is 0 Å². The Morgan fingerprint density at radius 1 is 1.00 bits per heavy atom. The molecule has 0 spiro atoms. The monoisotopic (exact) mass is 280 g/mol. The minimum absolute atomic E-state index is 0.0234. The minimum Gasteiger partial charge on any atom is -0.340 e. The van der Waals surface area contributed by atoms with Gasteiger partial charge >= 0.3 is 0 Å². The van der Waals surface area contributed by atoms with Crippen molar-refractivity contribution in [1.29, 1.82) is 0 Å². The van der Waals surface area contributed by atoms with E-state index in [1.165, 1.54) is 11.1 Å². The summed E-state index contributed by atoms with van der Waals surface area (Å²) >= 11 is 0. The summed E-state index contributed by atoms with van der Waals surface area (Å²) in [5.41, 5.74) is 8.37. The predicted molar refractivity (Wildman–Crippen MR) is 83.9 cm³/mol. The van der Waals surface area contributed by atoms with Crippen LogP contribution >= 0.6 is 0 Å². The first-order valence-corrected chi connectivity index (χ1v) is 7.37. The Morgan fingerprint density at radius 2 is 1.52 bits per heavy atom. The van der Waals surface area contributed by atoms with Crippen molar-refractivity contribution in [2.75, 3.05) is 13.1 Å². The molecule has 3 heteroatoms. The van der Waals surface area contributed by atoms with Gasteiger partial charge in [0.25, 0.3) is 0 Å². The van der Waals surface area contributed by atoms with E-state index < -0.39 is 0 Å². The van der Waals surface area contributed by atoms with E-state index >= 15 is 0 Å². The molecule has 0 bridgehead atoms. The summed E-state index contributed by atoms with van der Waals surface area (Å²) in [4.78, 5) is 13.9. The first-order chi connectivity index (χ1) is 10.2. The van der Waals surface area contributed by atoms with Crippen molar-refractivity contribution in [1.82, 2.24) is 4.90 Å². The number of hydrogen-bond donors (Lipinski definition) is 1. The van der Waals surface area contributed by atoms with Gasteiger partial charge < -0.3 is 10.6 Å². The SMILES string of the molecule is NC1CC(=O)N(CC(c2ccccc2)c2ccccc2)C1. The third kappa shape index (κ3) is 3.14. The molecule has 1 aliphatic rings. The molecule has 2 N–H and O–H groups in total. The molecular weight excluding hydrogens is 260 g/mol. The third-order valence-electron chi connectivity index (χ3n) is 4.05. The Bertz CT molecular complexity index is 558. The van der Waals surface area contributed by atoms with Crippen molar-refractivity contribution in [3.05, 3.63) is 71.8 Å². The molecule has 2 aromatic carbocycles. The fraction of sp³-hybridized carbons (Fsp3) is 0.278. The lowest BCUT2D eigenvalue weighted by atomic mass is 9.91. The number of rotatable bonds is 4. The highest BCUT2D eigenvalue weighted by Crippen LogP contribution is 2.27. The van der Waals surface area contributed by atoms with Crippen molar-refractivity contribution < 1.29 is 4.79 Å². The van der Waals surface area contributed by atoms with Gasteiger partial charge in [-0.3, -0.25) is 4.79 Å². The largest absolute Gasteiger partial charge is 0.340 e. The summed E-state index contributed by atoms with van der Waals surface area (Å²) in [7, 11) is 0. The second-order valence-corrected chi connectivity index (χ2v) is 5.64. The lowest BCUT2D eigenvalue weighted by molar-refractivity contribution is -0.127. The quantitative estimate of drug-likeness (QED) is 0.934. The number of carbonyl (C=O) groups excluding carboxylic acids is 1. The van der Waals surface area contributed by atoms with Gasteiger partial charge in [-0.05, 0) is 11.1 Å². The van der Waals surface area contributed by atoms with Gasteiger partial charge in [0.1, 0.15) is 0 Å². The van der Waals surface area contributed by atoms with Gasteiger partial charge in [0.2, 0.25) is 5.91 Å². The molecule has 3 nitrogen and oxygen atoms in total. The highest BCUT2D eigenvalue weighted by Gasteiger charge is 2.29. The Balaban J connectivity index is 1.88. The Hall–Kier alpha value is -2.13. The summed E-state index contributed by atoms with van der Waals surface area (Å²) in [5, 5.41) is 0. The number of carbonyl (C=O) groups is 1. The van der Waals surface area contributed by atoms with Crippen LogP contribution in [0.5, 0.6) is 0 Å². The van der Waals surface area contributed by atoms with E-state index in [0.717, 1.165) is 0 Å². The van der Waals surface area contributed by atoms with Crippen LogP contribution in [0, 0.1) is 0 Å². The summed E-state index contributed by atoms with van der Waals surface area (Å²) < 4.78 is 0. The van der Waals surface area contributed by atoms with Crippen LogP contribution in [0.15, 0.2) is 60.7 Å². The van der Waals surface area contributed by atoms with Crippen LogP contribution in [0.25, 0.3) is 0 Å². The topological polar surface area (TPSA) is 46.3 Å². The molecule has 0 saturated carbocycles. The number of amides is 1. The zero-order valence-electron chi connectivity index (χ0n) is 12.0. The average Bonchev–Trinajstić information content (AvgIpc) is 2.84. The highest BCUT2D eigenvalue weighted by molar-refractivity contribution is 5.79. The normalized spacial score (nSPS) is 18.5. The van der Waals surface area contributed by atoms with Gasteiger partial charge in [-0.1, -0.05) is 60.7 Å². The first kappa shape index (κ1) is 13.8. The number of nitrogens with two attached hydrogens (primary N) is 1. The average molecular weight is 280 g/mol. The predicted octanol–water partition coefficient (Wildman–Crippen LogP) is 2.38. The lowest BCUT2D eigenvalue weighted by Crippen LogP contribution is -2.32. The molecule has 3 rings (SSSR count). The van der Waals surface area contributed by atoms with E-state index in [0.29, 0.717) is 19.5 Å². The van der Waals surface area contributed by atoms with Crippen molar-refractivity contribution in [2.24, 2.45) is 5.73 Å². The van der Waals surface area contributed by atoms with Gasteiger partial charge in [-0.15, -0.1) is 0 Å². The van der Waals surface area contributed by atoms with Crippen LogP contribution < -0.4 is 5.73 Å². The zero-order chi connectivity index (χ0) is 14.7. The Labute approximate surface area is 125 Å². The molecule has 0 radical (unpaired) electrons. The van der Waals surface area contributed by atoms with Crippen LogP contribution in [0.1, 0.15) is 23.5 Å². The second kappa shape index (κ2) is 6.10. The standard InChI is InChI=1S/C18H20N2O/c19-16-11-18(21)20(12-16)13-17(14-7-3-1-4-8-14)15-9-5-2-6-10-15/h1-10,16-17H,11-13,19H2. The third-order valence-corrected chi connectivity index (χ3v) is 4.05.